The third-order valence-corrected chi connectivity index (χ3v) is 0. The predicted molar refractivity (Wildman–Crippen MR) is 36.4 cm³/mol. The normalized spacial score (nSPS) is 5.14. The standard InChI is InChI=1S/C3H9N.H2I.H2O.H2S/c1-4(2)3;;;/h1-3H3;3*1H2/q;+1;;. The van der Waals surface area contributed by atoms with Crippen molar-refractivity contribution in [2.45, 2.75) is 0 Å². The number of halogens is 1. The van der Waals surface area contributed by atoms with Crippen molar-refractivity contribution in [1.82, 2.24) is 4.90 Å². The van der Waals surface area contributed by atoms with Gasteiger partial charge in [0.2, 0.25) is 24.0 Å². The first-order chi connectivity index (χ1) is 1.73. The Morgan fingerprint density at radius 3 is 1.00 bits per heavy atom. The van der Waals surface area contributed by atoms with Gasteiger partial charge in [0, 0.05) is 0 Å². The predicted octanol–water partition coefficient (Wildman–Crippen LogP) is -4.07. The number of hydrogen-bond acceptors (Lipinski definition) is 1. The van der Waals surface area contributed by atoms with Gasteiger partial charge in [-0.25, -0.2) is 0 Å². The molecule has 7 heavy (non-hydrogen) atoms. The van der Waals surface area contributed by atoms with Crippen LogP contribution in [0.25, 0.3) is 0 Å². The van der Waals surface area contributed by atoms with Crippen LogP contribution in [0.15, 0.2) is 0 Å². The lowest BCUT2D eigenvalue weighted by Crippen LogP contribution is -3.00. The van der Waals surface area contributed by atoms with Crippen LogP contribution in [0.3, 0.4) is 0 Å². The fraction of sp³-hybridized carbons (Fsp3) is 1.00. The highest BCUT2D eigenvalue weighted by atomic mass is 127. The van der Waals surface area contributed by atoms with Crippen molar-refractivity contribution in [3.05, 3.63) is 0 Å². The van der Waals surface area contributed by atoms with Crippen molar-refractivity contribution in [3.8, 4) is 0 Å². The van der Waals surface area contributed by atoms with Gasteiger partial charge in [-0.1, -0.05) is 0 Å². The minimum Gasteiger partial charge on any atom is -0.412 e. The molecule has 0 aliphatic heterocycles. The molecular weight excluding hydrogens is 225 g/mol. The van der Waals surface area contributed by atoms with E-state index in [9.17, 15) is 0 Å². The van der Waals surface area contributed by atoms with Gasteiger partial charge in [0.05, 0.1) is 0 Å². The van der Waals surface area contributed by atoms with Gasteiger partial charge in [0.25, 0.3) is 0 Å². The first-order valence-electron chi connectivity index (χ1n) is 1.34. The van der Waals surface area contributed by atoms with Gasteiger partial charge >= 0.3 is 0 Å². The maximum Gasteiger partial charge on any atom is 0.235 e. The third-order valence-electron chi connectivity index (χ3n) is 0. The Hall–Kier alpha value is 1.00. The van der Waals surface area contributed by atoms with Gasteiger partial charge in [-0.15, -0.1) is 0 Å². The monoisotopic (exact) mass is 240 g/mol. The molecular formula is C3H15INOS+. The van der Waals surface area contributed by atoms with Crippen LogP contribution in [-0.4, -0.2) is 31.5 Å². The van der Waals surface area contributed by atoms with Gasteiger partial charge in [-0.3, -0.25) is 0 Å². The Kier molecular flexibility index (Phi) is 55.1. The molecule has 0 spiro atoms. The highest BCUT2D eigenvalue weighted by Gasteiger charge is 1.58. The fourth-order valence-electron chi connectivity index (χ4n) is 0. The first kappa shape index (κ1) is 24.5. The molecule has 2 N–H and O–H groups in total. The first-order valence-corrected chi connectivity index (χ1v) is 1.34. The Balaban J connectivity index is -0.0000000150. The average molecular weight is 240 g/mol. The molecule has 0 aliphatic carbocycles. The van der Waals surface area contributed by atoms with Gasteiger partial charge in [-0.05, 0) is 21.1 Å². The average Bonchev–Trinajstić information content (AvgIpc) is 0.811. The second-order valence-electron chi connectivity index (χ2n) is 1.34. The molecule has 0 saturated heterocycles. The quantitative estimate of drug-likeness (QED) is 0.397. The van der Waals surface area contributed by atoms with Crippen molar-refractivity contribution in [2.75, 3.05) is 21.1 Å². The van der Waals surface area contributed by atoms with Crippen LogP contribution in [0.5, 0.6) is 0 Å². The summed E-state index contributed by atoms with van der Waals surface area (Å²) in [5, 5.41) is 0. The van der Waals surface area contributed by atoms with E-state index in [2.05, 4.69) is 0 Å². The highest BCUT2D eigenvalue weighted by molar-refractivity contribution is 7.59. The van der Waals surface area contributed by atoms with Crippen molar-refractivity contribution >= 4 is 13.5 Å². The smallest absolute Gasteiger partial charge is 0.235 e. The zero-order valence-corrected chi connectivity index (χ0v) is 8.45. The molecule has 0 aromatic carbocycles. The van der Waals surface area contributed by atoms with E-state index >= 15 is 0 Å². The Morgan fingerprint density at radius 2 is 1.00 bits per heavy atom. The Labute approximate surface area is 69.0 Å². The maximum absolute atomic E-state index is 2.00. The van der Waals surface area contributed by atoms with E-state index in [0.717, 1.165) is 0 Å². The number of hydrogen-bond donors (Lipinski definition) is 0. The summed E-state index contributed by atoms with van der Waals surface area (Å²) < 4.78 is 0. The minimum absolute atomic E-state index is 0. The summed E-state index contributed by atoms with van der Waals surface area (Å²) >= 11 is 0. The molecule has 4 heteroatoms. The van der Waals surface area contributed by atoms with Gasteiger partial charge in [0.1, 0.15) is 0 Å². The van der Waals surface area contributed by atoms with E-state index in [1.165, 1.54) is 0 Å². The summed E-state index contributed by atoms with van der Waals surface area (Å²) in [6.07, 6.45) is 0. The second kappa shape index (κ2) is 15.8. The zero-order chi connectivity index (χ0) is 3.58. The molecule has 0 amide bonds. The SMILES string of the molecule is CN(C)C.O.S.[IH2+]. The molecule has 0 aromatic heterocycles. The summed E-state index contributed by atoms with van der Waals surface area (Å²) in [5.41, 5.74) is 0. The molecule has 0 rings (SSSR count). The van der Waals surface area contributed by atoms with E-state index in [-0.39, 0.29) is 42.9 Å². The minimum atomic E-state index is 0. The molecule has 2 nitrogen and oxygen atoms in total. The van der Waals surface area contributed by atoms with E-state index < -0.39 is 0 Å². The fourth-order valence-corrected chi connectivity index (χ4v) is 0. The van der Waals surface area contributed by atoms with E-state index in [1.54, 1.807) is 0 Å². The van der Waals surface area contributed by atoms with Crippen LogP contribution in [0, 0.1) is 0 Å². The lowest BCUT2D eigenvalue weighted by molar-refractivity contribution is -0.00000244. The third kappa shape index (κ3) is 175. The Bertz CT molecular complexity index is 19.7. The van der Waals surface area contributed by atoms with Gasteiger partial charge in [-0.2, -0.15) is 13.5 Å². The van der Waals surface area contributed by atoms with Crippen LogP contribution in [-0.2, 0) is 0 Å². The number of nitrogens with zero attached hydrogens (tertiary/aromatic N) is 1. The van der Waals surface area contributed by atoms with Crippen LogP contribution in [0.4, 0.5) is 0 Å². The molecule has 0 bridgehead atoms. The second-order valence-corrected chi connectivity index (χ2v) is 1.34. The van der Waals surface area contributed by atoms with Crippen LogP contribution in [0.2, 0.25) is 0 Å². The van der Waals surface area contributed by atoms with Crippen LogP contribution < -0.4 is 24.0 Å². The van der Waals surface area contributed by atoms with Gasteiger partial charge < -0.3 is 10.4 Å². The lowest BCUT2D eigenvalue weighted by atomic mass is 11.0. The summed E-state index contributed by atoms with van der Waals surface area (Å²) in [7, 11) is 6.00. The molecule has 0 aliphatic rings. The topological polar surface area (TPSA) is 34.7 Å². The van der Waals surface area contributed by atoms with Crippen molar-refractivity contribution in [3.63, 3.8) is 0 Å². The summed E-state index contributed by atoms with van der Waals surface area (Å²) in [6, 6.07) is 0. The van der Waals surface area contributed by atoms with Crippen molar-refractivity contribution < 1.29 is 29.5 Å². The van der Waals surface area contributed by atoms with E-state index in [0.29, 0.717) is 0 Å². The largest absolute Gasteiger partial charge is 0.412 e. The van der Waals surface area contributed by atoms with Gasteiger partial charge in [0.15, 0.2) is 0 Å². The molecule has 0 saturated carbocycles. The lowest BCUT2D eigenvalue weighted by Gasteiger charge is -1.90. The molecule has 0 radical (unpaired) electrons. The summed E-state index contributed by atoms with van der Waals surface area (Å²) in [4.78, 5) is 2.00. The van der Waals surface area contributed by atoms with Crippen LogP contribution in [0.1, 0.15) is 0 Å². The molecule has 0 unspecified atom stereocenters. The summed E-state index contributed by atoms with van der Waals surface area (Å²) in [5.74, 6) is 0. The van der Waals surface area contributed by atoms with E-state index in [4.69, 9.17) is 0 Å². The summed E-state index contributed by atoms with van der Waals surface area (Å²) in [6.45, 7) is 0. The number of rotatable bonds is 0. The van der Waals surface area contributed by atoms with E-state index in [1.807, 2.05) is 26.0 Å². The molecule has 0 atom stereocenters. The molecule has 0 heterocycles. The van der Waals surface area contributed by atoms with Crippen molar-refractivity contribution in [2.24, 2.45) is 0 Å². The maximum atomic E-state index is 2.00. The van der Waals surface area contributed by atoms with Crippen molar-refractivity contribution in [1.29, 1.82) is 0 Å². The Morgan fingerprint density at radius 1 is 1.00 bits per heavy atom. The highest BCUT2D eigenvalue weighted by Crippen LogP contribution is 1.47. The molecule has 50 valence electrons. The molecule has 0 fully saturated rings. The molecule has 0 aromatic rings. The van der Waals surface area contributed by atoms with Crippen LogP contribution >= 0.6 is 13.5 Å². The zero-order valence-electron chi connectivity index (χ0n) is 4.89.